The Bertz CT molecular complexity index is 1680. The van der Waals surface area contributed by atoms with Crippen molar-refractivity contribution in [3.05, 3.63) is 94.5 Å². The van der Waals surface area contributed by atoms with Crippen molar-refractivity contribution >= 4 is 56.0 Å². The predicted octanol–water partition coefficient (Wildman–Crippen LogP) is 5.17. The Balaban J connectivity index is 1.33. The van der Waals surface area contributed by atoms with E-state index in [1.54, 1.807) is 54.6 Å². The summed E-state index contributed by atoms with van der Waals surface area (Å²) in [5, 5.41) is 14.2. The molecule has 0 aliphatic carbocycles. The zero-order chi connectivity index (χ0) is 28.4. The van der Waals surface area contributed by atoms with Crippen LogP contribution in [-0.2, 0) is 26.0 Å². The number of aromatic nitrogens is 1. The van der Waals surface area contributed by atoms with Gasteiger partial charge in [0.2, 0.25) is 15.9 Å². The Labute approximate surface area is 241 Å². The number of nitrogens with zero attached hydrogens (tertiary/aromatic N) is 2. The fourth-order valence-corrected chi connectivity index (χ4v) is 7.17. The summed E-state index contributed by atoms with van der Waals surface area (Å²) in [6, 6.07) is 19.8. The highest BCUT2D eigenvalue weighted by Crippen LogP contribution is 2.34. The number of nitrogens with one attached hydrogen (secondary N) is 1. The van der Waals surface area contributed by atoms with E-state index < -0.39 is 34.0 Å². The summed E-state index contributed by atoms with van der Waals surface area (Å²) in [4.78, 5) is 30.0. The number of carboxylic acids is 1. The standard InChI is InChI=1S/C29H25Cl2N3O5S/c30-21-8-4-9-22(31)27(21)24-14-12-19-16-18(11-13-23(19)32-24)17-25(29(36)37)33-28(35)26-10-5-15-34(26)40(38,39)20-6-2-1-3-7-20/h1-4,6-9,11-14,16,25-26H,5,10,15,17H2,(H,33,35)(H,36,37)/t25?,26-/m0/s1. The van der Waals surface area contributed by atoms with E-state index in [0.29, 0.717) is 45.2 Å². The first-order valence-corrected chi connectivity index (χ1v) is 14.8. The molecule has 1 saturated heterocycles. The van der Waals surface area contributed by atoms with Crippen LogP contribution in [0, 0.1) is 0 Å². The molecule has 2 heterocycles. The first-order chi connectivity index (χ1) is 19.1. The maximum Gasteiger partial charge on any atom is 0.326 e. The summed E-state index contributed by atoms with van der Waals surface area (Å²) >= 11 is 12.7. The molecule has 11 heteroatoms. The highest BCUT2D eigenvalue weighted by molar-refractivity contribution is 7.89. The predicted molar refractivity (Wildman–Crippen MR) is 154 cm³/mol. The van der Waals surface area contributed by atoms with E-state index in [2.05, 4.69) is 10.3 Å². The summed E-state index contributed by atoms with van der Waals surface area (Å²) in [5.74, 6) is -1.85. The van der Waals surface area contributed by atoms with Gasteiger partial charge in [0, 0.05) is 23.9 Å². The zero-order valence-electron chi connectivity index (χ0n) is 21.1. The number of amides is 1. The van der Waals surface area contributed by atoms with Gasteiger partial charge >= 0.3 is 5.97 Å². The number of fused-ring (bicyclic) bond motifs is 1. The molecule has 0 bridgehead atoms. The molecule has 1 aliphatic heterocycles. The molecule has 1 aromatic heterocycles. The highest BCUT2D eigenvalue weighted by atomic mass is 35.5. The SMILES string of the molecule is O=C(O)C(Cc1ccc2nc(-c3c(Cl)cccc3Cl)ccc2c1)NC(=O)[C@@H]1CCCN1S(=O)(=O)c1ccccc1. The van der Waals surface area contributed by atoms with Crippen molar-refractivity contribution in [3.8, 4) is 11.3 Å². The number of carbonyl (C=O) groups excluding carboxylic acids is 1. The molecule has 8 nitrogen and oxygen atoms in total. The lowest BCUT2D eigenvalue weighted by Crippen LogP contribution is -2.51. The van der Waals surface area contributed by atoms with Gasteiger partial charge in [0.1, 0.15) is 12.1 Å². The van der Waals surface area contributed by atoms with Crippen LogP contribution >= 0.6 is 23.2 Å². The maximum atomic E-state index is 13.2. The Morgan fingerprint density at radius 2 is 1.73 bits per heavy atom. The van der Waals surface area contributed by atoms with Gasteiger partial charge < -0.3 is 10.4 Å². The van der Waals surface area contributed by atoms with Crippen LogP contribution in [0.3, 0.4) is 0 Å². The van der Waals surface area contributed by atoms with Crippen LogP contribution in [0.1, 0.15) is 18.4 Å². The van der Waals surface area contributed by atoms with Crippen molar-refractivity contribution in [3.63, 3.8) is 0 Å². The molecule has 3 aromatic carbocycles. The lowest BCUT2D eigenvalue weighted by Gasteiger charge is -2.25. The molecule has 2 N–H and O–H groups in total. The van der Waals surface area contributed by atoms with Crippen molar-refractivity contribution in [2.45, 2.75) is 36.2 Å². The van der Waals surface area contributed by atoms with Gasteiger partial charge in [-0.25, -0.2) is 18.2 Å². The topological polar surface area (TPSA) is 117 Å². The monoisotopic (exact) mass is 597 g/mol. The number of rotatable bonds is 8. The second-order valence-corrected chi connectivity index (χ2v) is 12.2. The number of hydrogen-bond donors (Lipinski definition) is 2. The van der Waals surface area contributed by atoms with Crippen molar-refractivity contribution in [1.29, 1.82) is 0 Å². The Hall–Kier alpha value is -3.50. The smallest absolute Gasteiger partial charge is 0.326 e. The molecule has 40 heavy (non-hydrogen) atoms. The van der Waals surface area contributed by atoms with Crippen molar-refractivity contribution in [2.24, 2.45) is 0 Å². The minimum Gasteiger partial charge on any atom is -0.480 e. The molecule has 0 spiro atoms. The molecular weight excluding hydrogens is 573 g/mol. The zero-order valence-corrected chi connectivity index (χ0v) is 23.5. The van der Waals surface area contributed by atoms with E-state index in [-0.39, 0.29) is 17.9 Å². The summed E-state index contributed by atoms with van der Waals surface area (Å²) in [7, 11) is -3.90. The Morgan fingerprint density at radius 3 is 2.42 bits per heavy atom. The minimum atomic E-state index is -3.90. The number of carboxylic acid groups (broad SMARTS) is 1. The van der Waals surface area contributed by atoms with E-state index in [1.807, 2.05) is 12.1 Å². The average molecular weight is 599 g/mol. The number of hydrogen-bond acceptors (Lipinski definition) is 5. The first-order valence-electron chi connectivity index (χ1n) is 12.6. The minimum absolute atomic E-state index is 0.00720. The van der Waals surface area contributed by atoms with Gasteiger partial charge in [-0.05, 0) is 60.9 Å². The van der Waals surface area contributed by atoms with Gasteiger partial charge in [0.05, 0.1) is 26.2 Å². The molecule has 1 amide bonds. The number of sulfonamides is 1. The lowest BCUT2D eigenvalue weighted by molar-refractivity contribution is -0.142. The van der Waals surface area contributed by atoms with Crippen molar-refractivity contribution < 1.29 is 23.1 Å². The van der Waals surface area contributed by atoms with Gasteiger partial charge in [-0.3, -0.25) is 4.79 Å². The third kappa shape index (κ3) is 5.69. The molecule has 2 atom stereocenters. The van der Waals surface area contributed by atoms with Crippen LogP contribution in [0.15, 0.2) is 83.8 Å². The maximum absolute atomic E-state index is 13.2. The molecule has 4 aromatic rings. The molecule has 1 aliphatic rings. The van der Waals surface area contributed by atoms with E-state index >= 15 is 0 Å². The molecule has 0 saturated carbocycles. The van der Waals surface area contributed by atoms with E-state index in [1.165, 1.54) is 12.1 Å². The van der Waals surface area contributed by atoms with Crippen LogP contribution in [0.25, 0.3) is 22.2 Å². The molecule has 1 fully saturated rings. The van der Waals surface area contributed by atoms with Crippen LogP contribution in [0.4, 0.5) is 0 Å². The van der Waals surface area contributed by atoms with E-state index in [0.717, 1.165) is 9.69 Å². The van der Waals surface area contributed by atoms with E-state index in [9.17, 15) is 23.1 Å². The molecule has 1 unspecified atom stereocenters. The quantitative estimate of drug-likeness (QED) is 0.289. The van der Waals surface area contributed by atoms with Gasteiger partial charge in [-0.2, -0.15) is 4.31 Å². The second-order valence-electron chi connectivity index (χ2n) is 9.51. The third-order valence-electron chi connectivity index (χ3n) is 6.88. The summed E-state index contributed by atoms with van der Waals surface area (Å²) in [6.45, 7) is 0.187. The molecular formula is C29H25Cl2N3O5S. The average Bonchev–Trinajstić information content (AvgIpc) is 3.44. The van der Waals surface area contributed by atoms with Gasteiger partial charge in [-0.15, -0.1) is 0 Å². The normalized spacial score (nSPS) is 16.6. The molecule has 206 valence electrons. The molecule has 0 radical (unpaired) electrons. The summed E-state index contributed by atoms with van der Waals surface area (Å²) < 4.78 is 27.4. The van der Waals surface area contributed by atoms with Gasteiger partial charge in [-0.1, -0.05) is 59.6 Å². The van der Waals surface area contributed by atoms with Crippen molar-refractivity contribution in [1.82, 2.24) is 14.6 Å². The van der Waals surface area contributed by atoms with Crippen LogP contribution in [0.5, 0.6) is 0 Å². The van der Waals surface area contributed by atoms with Gasteiger partial charge in [0.15, 0.2) is 0 Å². The first kappa shape index (κ1) is 28.0. The van der Waals surface area contributed by atoms with Crippen LogP contribution in [0.2, 0.25) is 10.0 Å². The van der Waals surface area contributed by atoms with Gasteiger partial charge in [0.25, 0.3) is 0 Å². The summed E-state index contributed by atoms with van der Waals surface area (Å²) in [5.41, 5.74) is 2.57. The Kier molecular flexibility index (Phi) is 8.09. The fraction of sp³-hybridized carbons (Fsp3) is 0.207. The summed E-state index contributed by atoms with van der Waals surface area (Å²) in [6.07, 6.45) is 0.817. The van der Waals surface area contributed by atoms with Crippen LogP contribution in [-0.4, -0.2) is 53.3 Å². The number of benzene rings is 3. The Morgan fingerprint density at radius 1 is 1.00 bits per heavy atom. The number of carbonyl (C=O) groups is 2. The molecule has 5 rings (SSSR count). The lowest BCUT2D eigenvalue weighted by atomic mass is 10.0. The highest BCUT2D eigenvalue weighted by Gasteiger charge is 2.40. The van der Waals surface area contributed by atoms with E-state index in [4.69, 9.17) is 23.2 Å². The fourth-order valence-electron chi connectivity index (χ4n) is 4.91. The third-order valence-corrected chi connectivity index (χ3v) is 9.44. The number of aliphatic carboxylic acids is 1. The largest absolute Gasteiger partial charge is 0.480 e. The number of pyridine rings is 1. The van der Waals surface area contributed by atoms with Crippen LogP contribution < -0.4 is 5.32 Å². The van der Waals surface area contributed by atoms with Crippen molar-refractivity contribution in [2.75, 3.05) is 6.54 Å². The second kappa shape index (κ2) is 11.5. The number of halogens is 2.